The Labute approximate surface area is 290 Å². The maximum atomic E-state index is 14.6. The highest BCUT2D eigenvalue weighted by Crippen LogP contribution is 2.44. The summed E-state index contributed by atoms with van der Waals surface area (Å²) < 4.78 is 86.0. The van der Waals surface area contributed by atoms with Gasteiger partial charge in [-0.25, -0.2) is 4.98 Å². The molecule has 0 radical (unpaired) electrons. The molecule has 0 bridgehead atoms. The Morgan fingerprint density at radius 2 is 1.82 bits per heavy atom. The second kappa shape index (κ2) is 12.7. The summed E-state index contributed by atoms with van der Waals surface area (Å²) in [6.07, 6.45) is -6.01. The van der Waals surface area contributed by atoms with Crippen LogP contribution in [0, 0.1) is 17.2 Å². The summed E-state index contributed by atoms with van der Waals surface area (Å²) in [5.74, 6) is 0.243. The van der Waals surface area contributed by atoms with E-state index in [1.54, 1.807) is 11.9 Å². The highest BCUT2D eigenvalue weighted by atomic mass is 19.4. The Bertz CT molecular complexity index is 1950. The monoisotopic (exact) mass is 710 g/mol. The van der Waals surface area contributed by atoms with Crippen LogP contribution < -0.4 is 15.6 Å². The molecule has 2 aromatic carbocycles. The minimum atomic E-state index is -4.74. The second-order valence-electron chi connectivity index (χ2n) is 14.1. The Morgan fingerprint density at radius 3 is 2.47 bits per heavy atom. The quantitative estimate of drug-likeness (QED) is 0.239. The van der Waals surface area contributed by atoms with Crippen molar-refractivity contribution in [3.8, 4) is 17.2 Å². The Kier molecular flexibility index (Phi) is 8.64. The van der Waals surface area contributed by atoms with Crippen LogP contribution in [0.15, 0.2) is 47.6 Å². The van der Waals surface area contributed by atoms with Gasteiger partial charge in [-0.1, -0.05) is 6.92 Å². The zero-order valence-electron chi connectivity index (χ0n) is 28.0. The van der Waals surface area contributed by atoms with E-state index in [-0.39, 0.29) is 46.9 Å². The number of hydrogen-bond acceptors (Lipinski definition) is 8. The third-order valence-corrected chi connectivity index (χ3v) is 10.1. The fourth-order valence-corrected chi connectivity index (χ4v) is 7.28. The van der Waals surface area contributed by atoms with Crippen molar-refractivity contribution in [3.05, 3.63) is 75.8 Å². The summed E-state index contributed by atoms with van der Waals surface area (Å²) in [7, 11) is 1.72. The van der Waals surface area contributed by atoms with Crippen LogP contribution in [0.1, 0.15) is 77.2 Å². The van der Waals surface area contributed by atoms with Crippen LogP contribution in [0.2, 0.25) is 0 Å². The van der Waals surface area contributed by atoms with Gasteiger partial charge in [0.05, 0.1) is 35.7 Å². The van der Waals surface area contributed by atoms with Gasteiger partial charge in [0.15, 0.2) is 5.84 Å². The van der Waals surface area contributed by atoms with Crippen molar-refractivity contribution in [2.45, 2.75) is 70.0 Å². The number of alkyl halides is 6. The van der Waals surface area contributed by atoms with Gasteiger partial charge in [-0.15, -0.1) is 0 Å². The highest BCUT2D eigenvalue weighted by Gasteiger charge is 2.44. The molecular weight excluding hydrogens is 674 g/mol. The number of rotatable bonds is 8. The van der Waals surface area contributed by atoms with Gasteiger partial charge in [0, 0.05) is 31.3 Å². The van der Waals surface area contributed by atoms with E-state index >= 15 is 0 Å². The lowest BCUT2D eigenvalue weighted by atomic mass is 9.96. The maximum absolute atomic E-state index is 14.6. The summed E-state index contributed by atoms with van der Waals surface area (Å²) in [6, 6.07) is 11.0. The average molecular weight is 711 g/mol. The van der Waals surface area contributed by atoms with Crippen molar-refractivity contribution in [1.29, 1.82) is 5.26 Å². The number of hydrazone groups is 1. The van der Waals surface area contributed by atoms with Crippen LogP contribution in [-0.2, 0) is 25.4 Å². The maximum Gasteiger partial charge on any atom is 0.416 e. The summed E-state index contributed by atoms with van der Waals surface area (Å²) in [5.41, 5.74) is 1.24. The lowest BCUT2D eigenvalue weighted by Gasteiger charge is -2.31. The number of nitriles is 1. The lowest BCUT2D eigenvalue weighted by Crippen LogP contribution is -2.33. The van der Waals surface area contributed by atoms with E-state index in [4.69, 9.17) is 0 Å². The van der Waals surface area contributed by atoms with Crippen LogP contribution >= 0.6 is 0 Å². The molecule has 4 heterocycles. The van der Waals surface area contributed by atoms with Gasteiger partial charge in [0.25, 0.3) is 5.91 Å². The molecule has 3 aromatic rings. The van der Waals surface area contributed by atoms with Crippen LogP contribution in [0.3, 0.4) is 0 Å². The molecule has 0 unspecified atom stereocenters. The molecule has 2 fully saturated rings. The molecule has 51 heavy (non-hydrogen) atoms. The molecule has 1 aliphatic carbocycles. The number of hydrogen-bond donors (Lipinski definition) is 2. The standard InChI is InChI=1S/C36H36F6N8O/c1-21-4-3-11-49(17-21)18-22-12-27-28(29(13-22)36(40,41)42)19-50(33(27)51)31-15-23(14-30(45-31)46-34(7-8-34)9-10-43)26-16-24(35(37,38)39)5-6-25(26)32-47-44-20-48(32)2/h5-6,12-16,21,44H,3-4,7-9,11,17-20H2,1-2H3,(H,45,46)/t21-/m0/s1. The summed E-state index contributed by atoms with van der Waals surface area (Å²) >= 11 is 0. The Balaban J connectivity index is 1.34. The molecular formula is C36H36F6N8O. The van der Waals surface area contributed by atoms with Crippen LogP contribution in [0.5, 0.6) is 0 Å². The van der Waals surface area contributed by atoms with E-state index < -0.39 is 41.5 Å². The molecule has 1 saturated heterocycles. The highest BCUT2D eigenvalue weighted by molar-refractivity contribution is 6.11. The average Bonchev–Trinajstić information content (AvgIpc) is 3.53. The van der Waals surface area contributed by atoms with Crippen molar-refractivity contribution < 1.29 is 31.1 Å². The largest absolute Gasteiger partial charge is 0.416 e. The number of amides is 1. The molecule has 0 spiro atoms. The smallest absolute Gasteiger partial charge is 0.364 e. The number of fused-ring (bicyclic) bond motifs is 1. The van der Waals surface area contributed by atoms with Crippen molar-refractivity contribution in [2.75, 3.05) is 37.0 Å². The Morgan fingerprint density at radius 1 is 1.04 bits per heavy atom. The van der Waals surface area contributed by atoms with Gasteiger partial charge in [0.2, 0.25) is 0 Å². The molecule has 1 atom stereocenters. The minimum Gasteiger partial charge on any atom is -0.364 e. The predicted octanol–water partition coefficient (Wildman–Crippen LogP) is 7.19. The predicted molar refractivity (Wildman–Crippen MR) is 178 cm³/mol. The van der Waals surface area contributed by atoms with Crippen molar-refractivity contribution in [1.82, 2.24) is 20.2 Å². The molecule has 9 nitrogen and oxygen atoms in total. The molecule has 7 rings (SSSR count). The van der Waals surface area contributed by atoms with Crippen LogP contribution in [0.4, 0.5) is 38.0 Å². The normalized spacial score (nSPS) is 20.2. The van der Waals surface area contributed by atoms with E-state index in [0.29, 0.717) is 42.4 Å². The zero-order chi connectivity index (χ0) is 36.3. The first-order chi connectivity index (χ1) is 24.1. The topological polar surface area (TPSA) is 99.9 Å². The number of anilines is 2. The van der Waals surface area contributed by atoms with Gasteiger partial charge >= 0.3 is 12.4 Å². The second-order valence-corrected chi connectivity index (χ2v) is 14.1. The van der Waals surface area contributed by atoms with Gasteiger partial charge in [-0.05, 0) is 103 Å². The molecule has 268 valence electrons. The minimum absolute atomic E-state index is 0.0355. The van der Waals surface area contributed by atoms with Crippen molar-refractivity contribution in [2.24, 2.45) is 11.0 Å². The first-order valence-electron chi connectivity index (χ1n) is 16.8. The fourth-order valence-electron chi connectivity index (χ4n) is 7.28. The number of piperidine rings is 1. The zero-order valence-corrected chi connectivity index (χ0v) is 28.0. The number of amidine groups is 1. The molecule has 1 amide bonds. The molecule has 2 N–H and O–H groups in total. The number of nitrogens with one attached hydrogen (secondary N) is 2. The van der Waals surface area contributed by atoms with E-state index in [1.807, 2.05) is 0 Å². The number of likely N-dealkylation sites (tertiary alicyclic amines) is 1. The summed E-state index contributed by atoms with van der Waals surface area (Å²) in [5, 5.41) is 17.0. The van der Waals surface area contributed by atoms with Gasteiger partial charge in [-0.3, -0.25) is 20.0 Å². The summed E-state index contributed by atoms with van der Waals surface area (Å²) in [4.78, 5) is 23.7. The first kappa shape index (κ1) is 34.6. The molecule has 15 heteroatoms. The first-order valence-corrected chi connectivity index (χ1v) is 16.8. The summed E-state index contributed by atoms with van der Waals surface area (Å²) in [6.45, 7) is 3.75. The number of carbonyl (C=O) groups is 1. The van der Waals surface area contributed by atoms with E-state index in [2.05, 4.69) is 38.7 Å². The Hall–Kier alpha value is -4.84. The van der Waals surface area contributed by atoms with Gasteiger partial charge in [0.1, 0.15) is 18.3 Å². The van der Waals surface area contributed by atoms with Crippen molar-refractivity contribution in [3.63, 3.8) is 0 Å². The van der Waals surface area contributed by atoms with Crippen LogP contribution in [-0.4, -0.2) is 58.9 Å². The SMILES string of the molecule is C[C@H]1CCCN(Cc2cc3c(c(C(F)(F)F)c2)CN(c2cc(-c4cc(C(F)(F)F)ccc4C4=NNCN4C)cc(NC4(CC#N)CC4)n2)C3=O)C1. The van der Waals surface area contributed by atoms with Gasteiger partial charge < -0.3 is 10.2 Å². The van der Waals surface area contributed by atoms with Crippen molar-refractivity contribution >= 4 is 23.4 Å². The number of carbonyl (C=O) groups excluding carboxylic acids is 1. The molecule has 3 aliphatic heterocycles. The van der Waals surface area contributed by atoms with E-state index in [0.717, 1.165) is 49.0 Å². The van der Waals surface area contributed by atoms with E-state index in [9.17, 15) is 36.4 Å². The number of halogens is 6. The van der Waals surface area contributed by atoms with Crippen LogP contribution in [0.25, 0.3) is 11.1 Å². The third kappa shape index (κ3) is 6.93. The molecule has 4 aliphatic rings. The number of aromatic nitrogens is 1. The fraction of sp³-hybridized carbons (Fsp3) is 0.444. The number of benzene rings is 2. The number of nitrogens with zero attached hydrogens (tertiary/aromatic N) is 6. The molecule has 1 saturated carbocycles. The van der Waals surface area contributed by atoms with E-state index in [1.165, 1.54) is 24.3 Å². The van der Waals surface area contributed by atoms with Gasteiger partial charge in [-0.2, -0.15) is 36.7 Å². The lowest BCUT2D eigenvalue weighted by molar-refractivity contribution is -0.138. The third-order valence-electron chi connectivity index (χ3n) is 10.1. The number of pyridine rings is 1. The molecule has 1 aromatic heterocycles.